The number of nitrogens with zero attached hydrogens (tertiary/aromatic N) is 7. The molecule has 6 saturated carbocycles. The Morgan fingerprint density at radius 2 is 0.786 bits per heavy atom. The van der Waals surface area contributed by atoms with Crippen molar-refractivity contribution < 1.29 is 86.1 Å². The Balaban J connectivity index is 0.000000344. The van der Waals surface area contributed by atoms with Crippen LogP contribution < -0.4 is 14.0 Å². The fourth-order valence-corrected chi connectivity index (χ4v) is 21.0. The summed E-state index contributed by atoms with van der Waals surface area (Å²) in [5.74, 6) is 0.0504. The van der Waals surface area contributed by atoms with Crippen molar-refractivity contribution >= 4 is 44.7 Å². The maximum absolute atomic E-state index is 15.1. The number of aromatic nitrogens is 2. The fourth-order valence-electron chi connectivity index (χ4n) is 21.0. The number of likely N-dealkylation sites (tertiary alicyclic amines) is 1. The predicted octanol–water partition coefficient (Wildman–Crippen LogP) is 31.9. The molecule has 0 amide bonds. The van der Waals surface area contributed by atoms with Crippen LogP contribution in [-0.2, 0) is 73.5 Å². The number of anilines is 1. The number of hydrogen-bond donors (Lipinski definition) is 0. The third-order valence-electron chi connectivity index (χ3n) is 27.4. The second-order valence-electron chi connectivity index (χ2n) is 35.9. The molecule has 8 aliphatic rings. The maximum Gasteiger partial charge on any atom is 2.00 e. The molecular formula is C112H148F3N7OOs3+2. The number of aryl methyl sites for hydroxylation is 13. The van der Waals surface area contributed by atoms with Gasteiger partial charge < -0.3 is 63.7 Å². The first kappa shape index (κ1) is 111. The number of para-hydroxylation sites is 1. The second kappa shape index (κ2) is 50.7. The van der Waals surface area contributed by atoms with Gasteiger partial charge >= 0.3 is 59.4 Å². The SMILES string of the molecule is C1CCC(N2CCCC2)C1.C1CCCC1.C1CCCC1.Cc1cc(C2CCCC2)cc(C)c1C1=CN(c2c(C)ccc3c2oc2ccccc23)C(C)N1C.[C-]#[N+]c1c(F)cc(C)c(-c2cc(C)c(-c3c(C)cc(C4CCCC4)cc3C)c[n+]2C)c1F.[C-]#[N+]c1cc(-c2cc(C)c(-c3c(C)cc(C4CCCC4)cc3C)c[n+]2C)c(C)cc1F.[CH3-].[CH3-].[CH3-].[CH3-].[CH3-].[CH3-].[Os+2].[Os+2].[Os+2]. The molecule has 3 aromatic heterocycles. The first-order chi connectivity index (χ1) is 56.4. The monoisotopic (exact) mass is 2240 g/mol. The zero-order chi connectivity index (χ0) is 82.9. The summed E-state index contributed by atoms with van der Waals surface area (Å²) in [5.41, 5.74) is 30.0. The fraction of sp³-hybridized carbons (Fsp3) is 0.446. The van der Waals surface area contributed by atoms with Crippen molar-refractivity contribution in [3.05, 3.63) is 290 Å². The standard InChI is InChI=1S/C31H34N2O.C28H29F2N2.C28H30FN2.C9H17N.2C5H10.6CH3.3Os/c1-19-14-15-26-25-12-8-9-13-28(25)34-31(26)30(19)33-18-27(32(5)22(33)4)29-20(2)16-24(17-21(29)3)23-10-6-7-11-23;1-16-14-24(26-19(4)13-23(29)28(31-5)27(26)30)32(6)15-22(16)25-17(2)11-21(12-18(25)3)20-9-7-8-10-20;1-17-13-25(29)26(30-5)15-23(17)27-14-18(2)24(16-31(27)6)28-19(3)11-22(12-20(28)4)21-9-7-8-10-21;1-2-6-9(5-1)10-7-3-4-8-10;2*1-2-4-5-3-1;;;;;;;;;/h8-9,12-18,22-23H,6-7,10-11H2,1-5H3;11-15,20H,7-10H2,1-4,6H3;11-16,21H,7-10H2,1-4,6H3;9H,1-8H2;2*1-5H2;6*1H3;;;/q;2*+1;;;;6*-1;3*+2. The van der Waals surface area contributed by atoms with Crippen LogP contribution in [0.2, 0.25) is 0 Å². The molecule has 10 aromatic rings. The van der Waals surface area contributed by atoms with Crippen LogP contribution in [0.4, 0.5) is 30.2 Å². The molecule has 8 nitrogen and oxygen atoms in total. The molecule has 0 radical (unpaired) electrons. The summed E-state index contributed by atoms with van der Waals surface area (Å²) < 4.78 is 53.5. The van der Waals surface area contributed by atoms with Crippen molar-refractivity contribution in [2.45, 2.75) is 293 Å². The van der Waals surface area contributed by atoms with Gasteiger partial charge in [0, 0.05) is 64.4 Å². The van der Waals surface area contributed by atoms with E-state index >= 15 is 4.39 Å². The zero-order valence-corrected chi connectivity index (χ0v) is 88.0. The van der Waals surface area contributed by atoms with E-state index in [2.05, 4.69) is 184 Å². The van der Waals surface area contributed by atoms with Crippen molar-refractivity contribution in [2.75, 3.05) is 25.0 Å². The van der Waals surface area contributed by atoms with Crippen molar-refractivity contribution in [2.24, 2.45) is 14.1 Å². The Morgan fingerprint density at radius 3 is 1.22 bits per heavy atom. The quantitative estimate of drug-likeness (QED) is 0.101. The second-order valence-corrected chi connectivity index (χ2v) is 35.9. The van der Waals surface area contributed by atoms with Crippen LogP contribution in [0.1, 0.15) is 288 Å². The van der Waals surface area contributed by atoms with Crippen molar-refractivity contribution in [1.29, 1.82) is 0 Å². The zero-order valence-electron chi connectivity index (χ0n) is 80.4. The summed E-state index contributed by atoms with van der Waals surface area (Å²) in [6, 6.07) is 36.6. The van der Waals surface area contributed by atoms with Crippen LogP contribution in [0, 0.1) is 151 Å². The minimum Gasteiger partial charge on any atom is -0.454 e. The smallest absolute Gasteiger partial charge is 0.454 e. The molecule has 1 atom stereocenters. The Morgan fingerprint density at radius 1 is 0.397 bits per heavy atom. The molecule has 0 spiro atoms. The average molecular weight is 2240 g/mol. The third-order valence-corrected chi connectivity index (χ3v) is 27.4. The van der Waals surface area contributed by atoms with Gasteiger partial charge in [-0.15, -0.1) is 0 Å². The number of hydrogen-bond acceptors (Lipinski definition) is 4. The molecule has 1 unspecified atom stereocenters. The van der Waals surface area contributed by atoms with E-state index < -0.39 is 23.1 Å². The van der Waals surface area contributed by atoms with E-state index in [9.17, 15) is 8.78 Å². The first-order valence-electron chi connectivity index (χ1n) is 44.7. The van der Waals surface area contributed by atoms with Gasteiger partial charge in [0.15, 0.2) is 18.0 Å². The number of benzene rings is 7. The minimum absolute atomic E-state index is 0. The molecule has 6 aliphatic carbocycles. The van der Waals surface area contributed by atoms with E-state index in [1.165, 1.54) is 311 Å². The van der Waals surface area contributed by atoms with Gasteiger partial charge in [-0.05, 0) is 291 Å². The van der Waals surface area contributed by atoms with Crippen molar-refractivity contribution in [1.82, 2.24) is 9.80 Å². The molecule has 1 saturated heterocycles. The molecule has 14 heteroatoms. The van der Waals surface area contributed by atoms with Crippen LogP contribution >= 0.6 is 0 Å². The van der Waals surface area contributed by atoms with E-state index in [0.717, 1.165) is 51.1 Å². The molecular weight excluding hydrogens is 2090 g/mol. The van der Waals surface area contributed by atoms with Gasteiger partial charge in [-0.3, -0.25) is 0 Å². The molecule has 126 heavy (non-hydrogen) atoms. The topological polar surface area (TPSA) is 39.3 Å². The molecule has 0 N–H and O–H groups in total. The van der Waals surface area contributed by atoms with Crippen LogP contribution in [-0.4, -0.2) is 42.1 Å². The Bertz CT molecular complexity index is 5250. The molecule has 18 rings (SSSR count). The van der Waals surface area contributed by atoms with Gasteiger partial charge in [0.1, 0.15) is 43.3 Å². The largest absolute Gasteiger partial charge is 2.00 e. The Kier molecular flexibility index (Phi) is 44.6. The first-order valence-corrected chi connectivity index (χ1v) is 44.7. The molecule has 680 valence electrons. The van der Waals surface area contributed by atoms with Crippen LogP contribution in [0.3, 0.4) is 0 Å². The van der Waals surface area contributed by atoms with Gasteiger partial charge in [-0.2, -0.15) is 0 Å². The number of rotatable bonds is 10. The summed E-state index contributed by atoms with van der Waals surface area (Å²) in [5, 5.41) is 2.36. The van der Waals surface area contributed by atoms with Crippen LogP contribution in [0.25, 0.3) is 82.1 Å². The summed E-state index contributed by atoms with van der Waals surface area (Å²) in [6.07, 6.45) is 46.5. The molecule has 5 heterocycles. The number of furan rings is 1. The number of halogens is 3. The minimum atomic E-state index is -0.816. The summed E-state index contributed by atoms with van der Waals surface area (Å²) in [7, 11) is 6.11. The van der Waals surface area contributed by atoms with E-state index in [-0.39, 0.29) is 121 Å². The summed E-state index contributed by atoms with van der Waals surface area (Å²) >= 11 is 0. The van der Waals surface area contributed by atoms with Crippen LogP contribution in [0.5, 0.6) is 0 Å². The average Bonchev–Trinajstić information content (AvgIpc) is 1.53. The molecule has 7 fully saturated rings. The Hall–Kier alpha value is -7.38. The van der Waals surface area contributed by atoms with Crippen LogP contribution in [0.15, 0.2) is 126 Å². The summed E-state index contributed by atoms with van der Waals surface area (Å²) in [6.45, 7) is 42.8. The van der Waals surface area contributed by atoms with Gasteiger partial charge in [0.05, 0.1) is 30.1 Å². The van der Waals surface area contributed by atoms with Crippen molar-refractivity contribution in [3.8, 4) is 44.8 Å². The molecule has 0 bridgehead atoms. The third kappa shape index (κ3) is 25.0. The normalized spacial score (nSPS) is 16.5. The van der Waals surface area contributed by atoms with E-state index in [1.807, 2.05) is 50.8 Å². The van der Waals surface area contributed by atoms with Gasteiger partial charge in [0.25, 0.3) is 5.69 Å². The molecule has 7 aromatic carbocycles. The maximum atomic E-state index is 15.1. The number of pyridine rings is 2. The van der Waals surface area contributed by atoms with Gasteiger partial charge in [0.2, 0.25) is 17.1 Å². The Labute approximate surface area is 801 Å². The molecule has 2 aliphatic heterocycles. The van der Waals surface area contributed by atoms with Gasteiger partial charge in [-0.1, -0.05) is 182 Å². The van der Waals surface area contributed by atoms with E-state index in [4.69, 9.17) is 17.6 Å². The summed E-state index contributed by atoms with van der Waals surface area (Å²) in [4.78, 5) is 13.9. The predicted molar refractivity (Wildman–Crippen MR) is 521 cm³/mol. The number of fused-ring (bicyclic) bond motifs is 3. The van der Waals surface area contributed by atoms with Gasteiger partial charge in [-0.25, -0.2) is 32.0 Å². The van der Waals surface area contributed by atoms with E-state index in [1.54, 1.807) is 13.0 Å². The van der Waals surface area contributed by atoms with Crippen molar-refractivity contribution in [3.63, 3.8) is 0 Å². The van der Waals surface area contributed by atoms with E-state index in [0.29, 0.717) is 23.1 Å².